The topological polar surface area (TPSA) is 0 Å². The Kier molecular flexibility index (Phi) is 3.81. The summed E-state index contributed by atoms with van der Waals surface area (Å²) in [5.74, 6) is 0. The van der Waals surface area contributed by atoms with Crippen LogP contribution < -0.4 is 0 Å². The number of benzene rings is 2. The van der Waals surface area contributed by atoms with Crippen molar-refractivity contribution >= 4 is 38.7 Å². The molecule has 1 aliphatic rings. The fraction of sp³-hybridized carbons (Fsp3) is 0.158. The van der Waals surface area contributed by atoms with Crippen LogP contribution in [0.25, 0.3) is 11.1 Å². The molecule has 0 saturated carbocycles. The van der Waals surface area contributed by atoms with E-state index in [0.717, 1.165) is 27.1 Å². The quantitative estimate of drug-likeness (QED) is 0.555. The van der Waals surface area contributed by atoms with Crippen molar-refractivity contribution in [2.24, 2.45) is 0 Å². The summed E-state index contributed by atoms with van der Waals surface area (Å²) in [6.45, 7) is 8.46. The number of aryl methyl sites for hydroxylation is 2. The molecule has 0 bridgehead atoms. The summed E-state index contributed by atoms with van der Waals surface area (Å²) in [4.78, 5) is 0. The van der Waals surface area contributed by atoms with Crippen molar-refractivity contribution in [2.45, 2.75) is 20.3 Å². The molecule has 0 unspecified atom stereocenters. The van der Waals surface area contributed by atoms with Crippen molar-refractivity contribution in [3.05, 3.63) is 80.3 Å². The summed E-state index contributed by atoms with van der Waals surface area (Å²) < 4.78 is 1.15. The van der Waals surface area contributed by atoms with Crippen LogP contribution in [0.4, 0.5) is 0 Å². The summed E-state index contributed by atoms with van der Waals surface area (Å²) in [6.07, 6.45) is 3.05. The van der Waals surface area contributed by atoms with Gasteiger partial charge in [0.1, 0.15) is 0 Å². The Hall–Kier alpha value is -1.31. The van der Waals surface area contributed by atoms with Crippen molar-refractivity contribution in [1.82, 2.24) is 0 Å². The van der Waals surface area contributed by atoms with Gasteiger partial charge >= 0.3 is 0 Å². The molecule has 3 rings (SSSR count). The summed E-state index contributed by atoms with van der Waals surface area (Å²) >= 11 is 9.98. The Labute approximate surface area is 139 Å². The molecule has 2 aromatic carbocycles. The van der Waals surface area contributed by atoms with Gasteiger partial charge in [0.2, 0.25) is 0 Å². The van der Waals surface area contributed by atoms with E-state index in [9.17, 15) is 0 Å². The van der Waals surface area contributed by atoms with E-state index in [2.05, 4.69) is 60.6 Å². The highest BCUT2D eigenvalue weighted by molar-refractivity contribution is 9.10. The molecule has 0 atom stereocenters. The molecule has 0 amide bonds. The fourth-order valence-electron chi connectivity index (χ4n) is 2.87. The van der Waals surface area contributed by atoms with Gasteiger partial charge < -0.3 is 0 Å². The Morgan fingerprint density at radius 2 is 1.86 bits per heavy atom. The van der Waals surface area contributed by atoms with Gasteiger partial charge in [-0.2, -0.15) is 0 Å². The third kappa shape index (κ3) is 2.61. The van der Waals surface area contributed by atoms with Gasteiger partial charge in [-0.1, -0.05) is 58.4 Å². The molecule has 1 aliphatic carbocycles. The van der Waals surface area contributed by atoms with E-state index >= 15 is 0 Å². The van der Waals surface area contributed by atoms with E-state index in [1.807, 2.05) is 12.1 Å². The molecule has 106 valence electrons. The summed E-state index contributed by atoms with van der Waals surface area (Å²) in [5.41, 5.74) is 8.46. The zero-order chi connectivity index (χ0) is 15.1. The first-order valence-electron chi connectivity index (χ1n) is 6.91. The second-order valence-electron chi connectivity index (χ2n) is 5.55. The number of allylic oxidation sites excluding steroid dienone is 3. The molecule has 0 N–H and O–H groups in total. The maximum atomic E-state index is 6.38. The van der Waals surface area contributed by atoms with Gasteiger partial charge in [-0.05, 0) is 64.9 Å². The standard InChI is InChI=1S/C19H16BrCl/c1-11-7-14(10-17-15(11)5-4-6-19(17)21)16-8-13(3)18(20)9-12(16)2/h4-9H,1,10H2,2-3H3. The van der Waals surface area contributed by atoms with Crippen molar-refractivity contribution in [1.29, 1.82) is 0 Å². The number of halogens is 2. The molecule has 0 spiro atoms. The van der Waals surface area contributed by atoms with Crippen LogP contribution in [0.15, 0.2) is 47.5 Å². The molecule has 0 aromatic heterocycles. The van der Waals surface area contributed by atoms with E-state index in [-0.39, 0.29) is 0 Å². The fourth-order valence-corrected chi connectivity index (χ4v) is 3.57. The van der Waals surface area contributed by atoms with Gasteiger partial charge in [0, 0.05) is 15.9 Å². The Balaban J connectivity index is 2.12. The van der Waals surface area contributed by atoms with Gasteiger partial charge in [0.25, 0.3) is 0 Å². The molecular weight excluding hydrogens is 344 g/mol. The van der Waals surface area contributed by atoms with Crippen LogP contribution in [-0.2, 0) is 6.42 Å². The van der Waals surface area contributed by atoms with Crippen molar-refractivity contribution in [3.8, 4) is 0 Å². The lowest BCUT2D eigenvalue weighted by atomic mass is 9.84. The molecule has 0 heterocycles. The largest absolute Gasteiger partial charge is 0.0911 e. The van der Waals surface area contributed by atoms with Gasteiger partial charge in [-0.15, -0.1) is 0 Å². The van der Waals surface area contributed by atoms with Crippen LogP contribution in [0.5, 0.6) is 0 Å². The Bertz CT molecular complexity index is 784. The van der Waals surface area contributed by atoms with Gasteiger partial charge in [0.15, 0.2) is 0 Å². The maximum Gasteiger partial charge on any atom is 0.0447 e. The first-order chi connectivity index (χ1) is 9.97. The Morgan fingerprint density at radius 1 is 1.10 bits per heavy atom. The van der Waals surface area contributed by atoms with E-state index in [1.54, 1.807) is 0 Å². The van der Waals surface area contributed by atoms with Crippen LogP contribution in [0.1, 0.15) is 27.8 Å². The SMILES string of the molecule is C=C1C=C(c2cc(C)c(Br)cc2C)Cc2c(Cl)cccc21. The first-order valence-corrected chi connectivity index (χ1v) is 8.09. The minimum absolute atomic E-state index is 0.825. The molecule has 0 fully saturated rings. The monoisotopic (exact) mass is 358 g/mol. The molecular formula is C19H16BrCl. The van der Waals surface area contributed by atoms with Crippen LogP contribution >= 0.6 is 27.5 Å². The Morgan fingerprint density at radius 3 is 2.62 bits per heavy atom. The first kappa shape index (κ1) is 14.6. The second kappa shape index (κ2) is 5.47. The van der Waals surface area contributed by atoms with Gasteiger partial charge in [-0.25, -0.2) is 0 Å². The number of hydrogen-bond donors (Lipinski definition) is 0. The molecule has 0 radical (unpaired) electrons. The summed E-state index contributed by atoms with van der Waals surface area (Å²) in [6, 6.07) is 10.4. The predicted octanol–water partition coefficient (Wildman–Crippen LogP) is 6.37. The lowest BCUT2D eigenvalue weighted by molar-refractivity contribution is 1.22. The summed E-state index contributed by atoms with van der Waals surface area (Å²) in [5, 5.41) is 0.825. The van der Waals surface area contributed by atoms with Crippen LogP contribution in [-0.4, -0.2) is 0 Å². The highest BCUT2D eigenvalue weighted by Gasteiger charge is 2.18. The highest BCUT2D eigenvalue weighted by Crippen LogP contribution is 2.38. The highest BCUT2D eigenvalue weighted by atomic mass is 79.9. The van der Waals surface area contributed by atoms with E-state index in [1.165, 1.54) is 27.8 Å². The van der Waals surface area contributed by atoms with Crippen LogP contribution in [0.2, 0.25) is 5.02 Å². The van der Waals surface area contributed by atoms with E-state index in [0.29, 0.717) is 0 Å². The summed E-state index contributed by atoms with van der Waals surface area (Å²) in [7, 11) is 0. The van der Waals surface area contributed by atoms with Gasteiger partial charge in [0.05, 0.1) is 0 Å². The van der Waals surface area contributed by atoms with E-state index < -0.39 is 0 Å². The van der Waals surface area contributed by atoms with Gasteiger partial charge in [-0.3, -0.25) is 0 Å². The van der Waals surface area contributed by atoms with Crippen LogP contribution in [0.3, 0.4) is 0 Å². The smallest absolute Gasteiger partial charge is 0.0447 e. The number of fused-ring (bicyclic) bond motifs is 1. The normalized spacial score (nSPS) is 13.9. The van der Waals surface area contributed by atoms with E-state index in [4.69, 9.17) is 11.6 Å². The van der Waals surface area contributed by atoms with Crippen molar-refractivity contribution in [2.75, 3.05) is 0 Å². The number of hydrogen-bond acceptors (Lipinski definition) is 0. The minimum atomic E-state index is 0.825. The molecule has 2 aromatic rings. The van der Waals surface area contributed by atoms with Crippen molar-refractivity contribution < 1.29 is 0 Å². The van der Waals surface area contributed by atoms with Crippen LogP contribution in [0, 0.1) is 13.8 Å². The maximum absolute atomic E-state index is 6.38. The third-order valence-corrected chi connectivity index (χ3v) is 5.24. The lowest BCUT2D eigenvalue weighted by Crippen LogP contribution is -2.04. The average Bonchev–Trinajstić information content (AvgIpc) is 2.44. The zero-order valence-corrected chi connectivity index (χ0v) is 14.5. The second-order valence-corrected chi connectivity index (χ2v) is 6.82. The average molecular weight is 360 g/mol. The number of rotatable bonds is 1. The lowest BCUT2D eigenvalue weighted by Gasteiger charge is -2.22. The predicted molar refractivity (Wildman–Crippen MR) is 95.8 cm³/mol. The van der Waals surface area contributed by atoms with Crippen molar-refractivity contribution in [3.63, 3.8) is 0 Å². The molecule has 21 heavy (non-hydrogen) atoms. The third-order valence-electron chi connectivity index (χ3n) is 4.03. The zero-order valence-electron chi connectivity index (χ0n) is 12.1. The minimum Gasteiger partial charge on any atom is -0.0911 e. The molecule has 0 saturated heterocycles. The molecule has 0 nitrogen and oxygen atoms in total. The molecule has 0 aliphatic heterocycles. The molecule has 2 heteroatoms.